The van der Waals surface area contributed by atoms with Crippen molar-refractivity contribution >= 4 is 12.6 Å². The molecule has 0 saturated heterocycles. The lowest BCUT2D eigenvalue weighted by Crippen LogP contribution is -2.34. The fourth-order valence-electron chi connectivity index (χ4n) is 0.981. The van der Waals surface area contributed by atoms with Crippen molar-refractivity contribution in [2.24, 2.45) is 0 Å². The van der Waals surface area contributed by atoms with Gasteiger partial charge in [0.25, 0.3) is 0 Å². The van der Waals surface area contributed by atoms with Gasteiger partial charge in [-0.05, 0) is 0 Å². The van der Waals surface area contributed by atoms with Crippen molar-refractivity contribution in [3.63, 3.8) is 0 Å². The van der Waals surface area contributed by atoms with Crippen LogP contribution in [0.3, 0.4) is 0 Å². The predicted molar refractivity (Wildman–Crippen MR) is 42.7 cm³/mol. The Hall–Kier alpha value is -1.14. The Kier molecular flexibility index (Phi) is 2.85. The van der Waals surface area contributed by atoms with E-state index in [0.29, 0.717) is 6.07 Å². The third-order valence-corrected chi connectivity index (χ3v) is 1.53. The topological polar surface area (TPSA) is 49.7 Å². The summed E-state index contributed by atoms with van der Waals surface area (Å²) < 4.78 is 30.1. The number of ether oxygens (including phenoxy) is 1. The maximum absolute atomic E-state index is 12.9. The lowest BCUT2D eigenvalue weighted by molar-refractivity contribution is 0.395. The molecule has 0 aliphatic carbocycles. The van der Waals surface area contributed by atoms with Gasteiger partial charge in [0.05, 0.1) is 12.6 Å². The summed E-state index contributed by atoms with van der Waals surface area (Å²) in [6, 6.07) is 1.43. The van der Waals surface area contributed by atoms with Gasteiger partial charge in [-0.15, -0.1) is 0 Å². The molecule has 1 aromatic rings. The highest BCUT2D eigenvalue weighted by atomic mass is 19.1. The molecule has 0 spiro atoms. The van der Waals surface area contributed by atoms with E-state index in [1.54, 1.807) is 0 Å². The second-order valence-electron chi connectivity index (χ2n) is 2.38. The Bertz CT molecular complexity index is 317. The molecule has 6 heteroatoms. The molecule has 3 nitrogen and oxygen atoms in total. The van der Waals surface area contributed by atoms with Gasteiger partial charge in [-0.1, -0.05) is 0 Å². The average molecular weight is 188 g/mol. The largest absolute Gasteiger partial charge is 0.497 e. The fraction of sp³-hybridized carbons (Fsp3) is 0.143. The summed E-state index contributed by atoms with van der Waals surface area (Å²) in [4.78, 5) is 0. The lowest BCUT2D eigenvalue weighted by atomic mass is 9.79. The molecule has 0 aliphatic rings. The van der Waals surface area contributed by atoms with E-state index in [1.165, 1.54) is 7.11 Å². The van der Waals surface area contributed by atoms with Crippen molar-refractivity contribution in [1.82, 2.24) is 0 Å². The van der Waals surface area contributed by atoms with E-state index in [9.17, 15) is 8.78 Å². The molecule has 0 aliphatic heterocycles. The quantitative estimate of drug-likeness (QED) is 0.623. The first-order valence-corrected chi connectivity index (χ1v) is 3.45. The Morgan fingerprint density at radius 3 is 2.38 bits per heavy atom. The monoisotopic (exact) mass is 188 g/mol. The summed E-state index contributed by atoms with van der Waals surface area (Å²) in [6.07, 6.45) is 0. The van der Waals surface area contributed by atoms with Crippen LogP contribution < -0.4 is 10.2 Å². The van der Waals surface area contributed by atoms with E-state index in [4.69, 9.17) is 10.0 Å². The van der Waals surface area contributed by atoms with E-state index in [2.05, 4.69) is 4.74 Å². The summed E-state index contributed by atoms with van der Waals surface area (Å²) in [5.74, 6) is -2.11. The lowest BCUT2D eigenvalue weighted by Gasteiger charge is -2.08. The molecule has 70 valence electrons. The van der Waals surface area contributed by atoms with Gasteiger partial charge in [-0.25, -0.2) is 8.78 Å². The minimum atomic E-state index is -2.02. The van der Waals surface area contributed by atoms with Crippen LogP contribution in [0, 0.1) is 11.6 Å². The minimum absolute atomic E-state index is 0.229. The molecule has 13 heavy (non-hydrogen) atoms. The van der Waals surface area contributed by atoms with Crippen LogP contribution in [-0.2, 0) is 0 Å². The minimum Gasteiger partial charge on any atom is -0.497 e. The first kappa shape index (κ1) is 9.95. The van der Waals surface area contributed by atoms with Crippen LogP contribution in [0.1, 0.15) is 0 Å². The first-order valence-electron chi connectivity index (χ1n) is 3.45. The van der Waals surface area contributed by atoms with Gasteiger partial charge in [-0.3, -0.25) is 0 Å². The van der Waals surface area contributed by atoms with Gasteiger partial charge in [0.2, 0.25) is 0 Å². The molecule has 1 rings (SSSR count). The molecule has 0 radical (unpaired) electrons. The van der Waals surface area contributed by atoms with Crippen LogP contribution in [0.25, 0.3) is 0 Å². The summed E-state index contributed by atoms with van der Waals surface area (Å²) in [5.41, 5.74) is -0.469. The molecule has 2 N–H and O–H groups in total. The predicted octanol–water partition coefficient (Wildman–Crippen LogP) is -0.347. The Balaban J connectivity index is 3.30. The highest BCUT2D eigenvalue weighted by Crippen LogP contribution is 2.12. The van der Waals surface area contributed by atoms with Crippen molar-refractivity contribution < 1.29 is 23.6 Å². The molecule has 0 saturated carbocycles. The maximum Gasteiger partial charge on any atom is 0.495 e. The van der Waals surface area contributed by atoms with E-state index in [-0.39, 0.29) is 5.75 Å². The number of hydrogen-bond donors (Lipinski definition) is 2. The molecule has 0 amide bonds. The van der Waals surface area contributed by atoms with E-state index in [0.717, 1.165) is 6.07 Å². The second-order valence-corrected chi connectivity index (χ2v) is 2.38. The Labute approximate surface area is 73.7 Å². The van der Waals surface area contributed by atoms with Gasteiger partial charge in [0.1, 0.15) is 17.4 Å². The molecular weight excluding hydrogens is 181 g/mol. The standard InChI is InChI=1S/C7H7BF2O3/c1-13-6-3-4(9)2-5(10)7(6)8(11)12/h2-3,11-12H,1H3. The van der Waals surface area contributed by atoms with Crippen LogP contribution >= 0.6 is 0 Å². The number of methoxy groups -OCH3 is 1. The van der Waals surface area contributed by atoms with E-state index >= 15 is 0 Å². The average Bonchev–Trinajstić information content (AvgIpc) is 2.01. The van der Waals surface area contributed by atoms with Crippen molar-refractivity contribution in [3.8, 4) is 5.75 Å². The Morgan fingerprint density at radius 2 is 1.92 bits per heavy atom. The van der Waals surface area contributed by atoms with Crippen LogP contribution in [0.2, 0.25) is 0 Å². The zero-order valence-electron chi connectivity index (χ0n) is 6.79. The number of hydrogen-bond acceptors (Lipinski definition) is 3. The van der Waals surface area contributed by atoms with Crippen molar-refractivity contribution in [2.75, 3.05) is 7.11 Å². The smallest absolute Gasteiger partial charge is 0.495 e. The summed E-state index contributed by atoms with van der Waals surface area (Å²) >= 11 is 0. The van der Waals surface area contributed by atoms with E-state index in [1.807, 2.05) is 0 Å². The Morgan fingerprint density at radius 1 is 1.31 bits per heavy atom. The number of benzene rings is 1. The van der Waals surface area contributed by atoms with Crippen LogP contribution in [0.4, 0.5) is 8.78 Å². The van der Waals surface area contributed by atoms with Gasteiger partial charge in [0.15, 0.2) is 0 Å². The van der Waals surface area contributed by atoms with Crippen LogP contribution in [-0.4, -0.2) is 24.3 Å². The van der Waals surface area contributed by atoms with Gasteiger partial charge in [-0.2, -0.15) is 0 Å². The van der Waals surface area contributed by atoms with Crippen molar-refractivity contribution in [3.05, 3.63) is 23.8 Å². The number of rotatable bonds is 2. The first-order chi connectivity index (χ1) is 6.06. The molecule has 0 atom stereocenters. The fourth-order valence-corrected chi connectivity index (χ4v) is 0.981. The molecular formula is C7H7BF2O3. The SMILES string of the molecule is COc1cc(F)cc(F)c1B(O)O. The molecule has 0 aromatic heterocycles. The van der Waals surface area contributed by atoms with Gasteiger partial charge in [0, 0.05) is 12.1 Å². The molecule has 0 unspecified atom stereocenters. The molecule has 0 heterocycles. The highest BCUT2D eigenvalue weighted by Gasteiger charge is 2.22. The maximum atomic E-state index is 12.9. The van der Waals surface area contributed by atoms with Crippen LogP contribution in [0.15, 0.2) is 12.1 Å². The summed E-state index contributed by atoms with van der Waals surface area (Å²) in [5, 5.41) is 17.4. The molecule has 0 fully saturated rings. The summed E-state index contributed by atoms with van der Waals surface area (Å²) in [6.45, 7) is 0. The van der Waals surface area contributed by atoms with Crippen molar-refractivity contribution in [1.29, 1.82) is 0 Å². The zero-order valence-corrected chi connectivity index (χ0v) is 6.79. The van der Waals surface area contributed by atoms with Crippen LogP contribution in [0.5, 0.6) is 5.75 Å². The van der Waals surface area contributed by atoms with Gasteiger partial charge < -0.3 is 14.8 Å². The van der Waals surface area contributed by atoms with Gasteiger partial charge >= 0.3 is 7.12 Å². The third kappa shape index (κ3) is 1.96. The third-order valence-electron chi connectivity index (χ3n) is 1.53. The molecule has 1 aromatic carbocycles. The number of halogens is 2. The molecule has 0 bridgehead atoms. The van der Waals surface area contributed by atoms with Crippen molar-refractivity contribution in [2.45, 2.75) is 0 Å². The summed E-state index contributed by atoms with van der Waals surface area (Å²) in [7, 11) is -0.837. The highest BCUT2D eigenvalue weighted by molar-refractivity contribution is 6.59. The van der Waals surface area contributed by atoms with E-state index < -0.39 is 24.2 Å². The zero-order chi connectivity index (χ0) is 10.0. The second kappa shape index (κ2) is 3.72. The normalized spacial score (nSPS) is 9.92.